The number of hydrogen-bond acceptors (Lipinski definition) is 3. The summed E-state index contributed by atoms with van der Waals surface area (Å²) in [6.45, 7) is 0. The van der Waals surface area contributed by atoms with Crippen LogP contribution in [0, 0.1) is 0 Å². The molecule has 0 aliphatic heterocycles. The fraction of sp³-hybridized carbons (Fsp3) is 0. The van der Waals surface area contributed by atoms with Crippen LogP contribution in [-0.2, 0) is 0 Å². The second-order valence-corrected chi connectivity index (χ2v) is 15.2. The van der Waals surface area contributed by atoms with Crippen LogP contribution in [0.25, 0.3) is 109 Å². The molecule has 0 fully saturated rings. The van der Waals surface area contributed by atoms with E-state index >= 15 is 0 Å². The summed E-state index contributed by atoms with van der Waals surface area (Å²) >= 11 is 1.90. The number of rotatable bonds is 4. The Morgan fingerprint density at radius 3 is 1.65 bits per heavy atom. The number of aromatic nitrogens is 4. The van der Waals surface area contributed by atoms with Gasteiger partial charge in [-0.1, -0.05) is 121 Å². The van der Waals surface area contributed by atoms with E-state index in [2.05, 4.69) is 179 Å². The van der Waals surface area contributed by atoms with Gasteiger partial charge in [0.1, 0.15) is 0 Å². The summed E-state index contributed by atoms with van der Waals surface area (Å²) in [5, 5.41) is 8.75. The van der Waals surface area contributed by atoms with Gasteiger partial charge in [-0.05, 0) is 60.7 Å². The molecule has 0 atom stereocenters. The first kappa shape index (κ1) is 30.4. The van der Waals surface area contributed by atoms with E-state index in [4.69, 9.17) is 9.97 Å². The van der Waals surface area contributed by atoms with E-state index in [0.29, 0.717) is 5.82 Å². The van der Waals surface area contributed by atoms with Gasteiger partial charge in [-0.25, -0.2) is 9.97 Å². The molecular weight excluding hydrogens is 689 g/mol. The lowest BCUT2D eigenvalue weighted by molar-refractivity contribution is 1.15. The molecule has 256 valence electrons. The molecule has 0 spiro atoms. The number of para-hydroxylation sites is 4. The van der Waals surface area contributed by atoms with Gasteiger partial charge in [-0.2, -0.15) is 0 Å². The second-order valence-electron chi connectivity index (χ2n) is 14.1. The summed E-state index contributed by atoms with van der Waals surface area (Å²) < 4.78 is 7.59. The van der Waals surface area contributed by atoms with Gasteiger partial charge in [0.15, 0.2) is 5.82 Å². The van der Waals surface area contributed by atoms with Gasteiger partial charge in [0.25, 0.3) is 0 Å². The minimum atomic E-state index is 0.713. The van der Waals surface area contributed by atoms with Crippen LogP contribution in [0.1, 0.15) is 0 Å². The number of thiophene rings is 1. The molecule has 0 N–H and O–H groups in total. The molecule has 8 aromatic carbocycles. The van der Waals surface area contributed by atoms with Crippen molar-refractivity contribution in [3.8, 4) is 34.0 Å². The van der Waals surface area contributed by atoms with Crippen molar-refractivity contribution in [2.75, 3.05) is 0 Å². The van der Waals surface area contributed by atoms with Crippen molar-refractivity contribution in [1.82, 2.24) is 19.1 Å². The lowest BCUT2D eigenvalue weighted by Gasteiger charge is -2.14. The first-order valence-electron chi connectivity index (χ1n) is 18.6. The Labute approximate surface area is 319 Å². The first-order valence-corrected chi connectivity index (χ1v) is 19.4. The molecule has 4 nitrogen and oxygen atoms in total. The fourth-order valence-electron chi connectivity index (χ4n) is 8.78. The number of hydrogen-bond donors (Lipinski definition) is 0. The van der Waals surface area contributed by atoms with Crippen molar-refractivity contribution in [3.63, 3.8) is 0 Å². The third-order valence-corrected chi connectivity index (χ3v) is 12.3. The average Bonchev–Trinajstić information content (AvgIpc) is 3.92. The molecule has 0 aliphatic carbocycles. The van der Waals surface area contributed by atoms with E-state index in [0.717, 1.165) is 39.1 Å². The van der Waals surface area contributed by atoms with Gasteiger partial charge < -0.3 is 9.13 Å². The highest BCUT2D eigenvalue weighted by Gasteiger charge is 2.26. The normalized spacial score (nSPS) is 12.0. The van der Waals surface area contributed by atoms with E-state index in [1.165, 1.54) is 63.8 Å². The van der Waals surface area contributed by atoms with Crippen LogP contribution < -0.4 is 0 Å². The fourth-order valence-corrected chi connectivity index (χ4v) is 10.0. The maximum atomic E-state index is 5.18. The monoisotopic (exact) mass is 718 g/mol. The van der Waals surface area contributed by atoms with Gasteiger partial charge in [0, 0.05) is 69.6 Å². The Bertz CT molecular complexity index is 3470. The van der Waals surface area contributed by atoms with Crippen molar-refractivity contribution >= 4 is 86.0 Å². The Balaban J connectivity index is 1.19. The van der Waals surface area contributed by atoms with Crippen molar-refractivity contribution < 1.29 is 0 Å². The first-order chi connectivity index (χ1) is 27.3. The third kappa shape index (κ3) is 4.39. The standard InChI is InChI=1S/C50H30N4S/c1-3-15-31(16-4-1)46-35-19-7-11-23-39(35)51-50(52-46)32-27-29-34(30-28-32)54-41-25-13-9-21-37(41)45-48(54)47-43(44-38-22-10-14-26-42(38)55-49(44)45)36-20-8-12-24-40(36)53(47)33-17-5-2-6-18-33/h1-30H. The van der Waals surface area contributed by atoms with E-state index in [1.807, 2.05) is 23.5 Å². The van der Waals surface area contributed by atoms with Gasteiger partial charge in [0.05, 0.1) is 33.3 Å². The Hall–Kier alpha value is -7.08. The van der Waals surface area contributed by atoms with Crippen molar-refractivity contribution in [1.29, 1.82) is 0 Å². The minimum absolute atomic E-state index is 0.713. The molecule has 0 aliphatic rings. The van der Waals surface area contributed by atoms with E-state index < -0.39 is 0 Å². The Kier molecular flexibility index (Phi) is 6.47. The Morgan fingerprint density at radius 1 is 0.382 bits per heavy atom. The SMILES string of the molecule is c1ccc(-c2nc(-c3ccc(-n4c5ccccc5c5c6sc7ccccc7c6c6c7ccccc7n(-c7ccccc7)c6c54)cc3)nc3ccccc23)cc1. The van der Waals surface area contributed by atoms with Crippen LogP contribution in [-0.4, -0.2) is 19.1 Å². The lowest BCUT2D eigenvalue weighted by Crippen LogP contribution is -1.99. The topological polar surface area (TPSA) is 35.6 Å². The maximum absolute atomic E-state index is 5.18. The van der Waals surface area contributed by atoms with Crippen molar-refractivity contribution in [2.45, 2.75) is 0 Å². The third-order valence-electron chi connectivity index (χ3n) is 11.1. The van der Waals surface area contributed by atoms with Gasteiger partial charge in [0.2, 0.25) is 0 Å². The lowest BCUT2D eigenvalue weighted by atomic mass is 10.0. The molecule has 0 bridgehead atoms. The highest BCUT2D eigenvalue weighted by atomic mass is 32.1. The van der Waals surface area contributed by atoms with E-state index in [-0.39, 0.29) is 0 Å². The predicted octanol–water partition coefficient (Wildman–Crippen LogP) is 13.5. The molecule has 5 heteroatoms. The van der Waals surface area contributed by atoms with E-state index in [1.54, 1.807) is 0 Å². The summed E-state index contributed by atoms with van der Waals surface area (Å²) in [6, 6.07) is 65.0. The molecule has 0 amide bonds. The van der Waals surface area contributed by atoms with Crippen LogP contribution in [0.4, 0.5) is 0 Å². The smallest absolute Gasteiger partial charge is 0.160 e. The average molecular weight is 719 g/mol. The summed E-state index contributed by atoms with van der Waals surface area (Å²) in [7, 11) is 0. The summed E-state index contributed by atoms with van der Waals surface area (Å²) in [5.41, 5.74) is 10.9. The van der Waals surface area contributed by atoms with Crippen LogP contribution in [0.15, 0.2) is 182 Å². The summed E-state index contributed by atoms with van der Waals surface area (Å²) in [6.07, 6.45) is 0. The highest BCUT2D eigenvalue weighted by Crippen LogP contribution is 2.51. The number of fused-ring (bicyclic) bond motifs is 13. The van der Waals surface area contributed by atoms with Gasteiger partial charge >= 0.3 is 0 Å². The van der Waals surface area contributed by atoms with E-state index in [9.17, 15) is 0 Å². The summed E-state index contributed by atoms with van der Waals surface area (Å²) in [4.78, 5) is 10.2. The zero-order valence-electron chi connectivity index (χ0n) is 29.5. The van der Waals surface area contributed by atoms with Gasteiger partial charge in [-0.3, -0.25) is 0 Å². The largest absolute Gasteiger partial charge is 0.307 e. The molecule has 12 rings (SSSR count). The van der Waals surface area contributed by atoms with Crippen LogP contribution in [0.5, 0.6) is 0 Å². The Morgan fingerprint density at radius 2 is 0.927 bits per heavy atom. The second kappa shape index (κ2) is 11.7. The zero-order chi connectivity index (χ0) is 36.0. The molecular formula is C50H30N4S. The predicted molar refractivity (Wildman–Crippen MR) is 232 cm³/mol. The molecule has 0 unspecified atom stereocenters. The van der Waals surface area contributed by atoms with Crippen molar-refractivity contribution in [2.24, 2.45) is 0 Å². The molecule has 4 aromatic heterocycles. The van der Waals surface area contributed by atoms with Crippen molar-refractivity contribution in [3.05, 3.63) is 182 Å². The molecule has 4 heterocycles. The molecule has 12 aromatic rings. The van der Waals surface area contributed by atoms with Gasteiger partial charge in [-0.15, -0.1) is 11.3 Å². The van der Waals surface area contributed by atoms with Crippen LogP contribution in [0.2, 0.25) is 0 Å². The molecule has 0 saturated heterocycles. The highest BCUT2D eigenvalue weighted by molar-refractivity contribution is 7.27. The van der Waals surface area contributed by atoms with Crippen LogP contribution >= 0.6 is 11.3 Å². The molecule has 0 radical (unpaired) electrons. The summed E-state index contributed by atoms with van der Waals surface area (Å²) in [5.74, 6) is 0.713. The quantitative estimate of drug-likeness (QED) is 0.182. The molecule has 55 heavy (non-hydrogen) atoms. The molecule has 0 saturated carbocycles. The van der Waals surface area contributed by atoms with Crippen LogP contribution in [0.3, 0.4) is 0 Å². The maximum Gasteiger partial charge on any atom is 0.160 e. The number of nitrogens with zero attached hydrogens (tertiary/aromatic N) is 4. The minimum Gasteiger partial charge on any atom is -0.307 e. The number of benzene rings is 8. The zero-order valence-corrected chi connectivity index (χ0v) is 30.3.